The molecule has 1 aromatic heterocycles. The second kappa shape index (κ2) is 6.87. The van der Waals surface area contributed by atoms with Crippen LogP contribution in [0.1, 0.15) is 25.5 Å². The average molecular weight is 319 g/mol. The lowest BCUT2D eigenvalue weighted by atomic mass is 10.1. The van der Waals surface area contributed by atoms with Gasteiger partial charge in [-0.25, -0.2) is 9.97 Å². The van der Waals surface area contributed by atoms with E-state index in [4.69, 9.17) is 14.7 Å². The van der Waals surface area contributed by atoms with Crippen molar-refractivity contribution in [3.05, 3.63) is 42.2 Å². The summed E-state index contributed by atoms with van der Waals surface area (Å²) in [7, 11) is -2.28. The quantitative estimate of drug-likeness (QED) is 0.711. The standard InChI is InChI=1S/C15H21N5OS/c1-4-21-11(2)12-5-7-13(8-6-12)20-15-18-9-14(10-19-15)22(3,16)17/h5-11H,3-4H2,1-2H3,(H3,16,17)(H,18,19,20). The molecule has 0 radical (unpaired) electrons. The van der Waals surface area contributed by atoms with Crippen LogP contribution in [-0.2, 0) is 14.3 Å². The second-order valence-electron chi connectivity index (χ2n) is 4.88. The van der Waals surface area contributed by atoms with Crippen molar-refractivity contribution in [1.82, 2.24) is 9.97 Å². The molecule has 118 valence electrons. The summed E-state index contributed by atoms with van der Waals surface area (Å²) in [5, 5.41) is 8.76. The maximum atomic E-state index is 7.70. The summed E-state index contributed by atoms with van der Waals surface area (Å²) in [6.45, 7) is 4.69. The van der Waals surface area contributed by atoms with Crippen LogP contribution >= 0.6 is 0 Å². The number of nitrogens with one attached hydrogen (secondary N) is 2. The molecule has 2 aromatic rings. The molecule has 0 aliphatic rings. The molecule has 0 amide bonds. The van der Waals surface area contributed by atoms with Crippen LogP contribution in [0.25, 0.3) is 0 Å². The lowest BCUT2D eigenvalue weighted by molar-refractivity contribution is 0.0764. The van der Waals surface area contributed by atoms with E-state index in [9.17, 15) is 0 Å². The minimum atomic E-state index is -2.28. The predicted molar refractivity (Wildman–Crippen MR) is 91.5 cm³/mol. The fraction of sp³-hybridized carbons (Fsp3) is 0.267. The normalized spacial score (nSPS) is 15.0. The van der Waals surface area contributed by atoms with Crippen LogP contribution in [0.2, 0.25) is 0 Å². The minimum absolute atomic E-state index is 0.0735. The van der Waals surface area contributed by atoms with Crippen LogP contribution in [0.15, 0.2) is 41.6 Å². The summed E-state index contributed by atoms with van der Waals surface area (Å²) < 4.78 is 13.3. The monoisotopic (exact) mass is 319 g/mol. The summed E-state index contributed by atoms with van der Waals surface area (Å²) in [4.78, 5) is 8.86. The van der Waals surface area contributed by atoms with Crippen molar-refractivity contribution >= 4 is 27.1 Å². The molecule has 0 saturated heterocycles. The molecule has 6 nitrogen and oxygen atoms in total. The Bertz CT molecular complexity index is 711. The SMILES string of the molecule is C=S(=N)(N)c1cnc(Nc2ccc(C(C)OCC)cc2)nc1. The second-order valence-corrected chi connectivity index (χ2v) is 6.94. The van der Waals surface area contributed by atoms with Gasteiger partial charge >= 0.3 is 0 Å². The van der Waals surface area contributed by atoms with Crippen molar-refractivity contribution in [1.29, 1.82) is 4.78 Å². The first-order valence-corrected chi connectivity index (χ1v) is 8.76. The van der Waals surface area contributed by atoms with E-state index in [-0.39, 0.29) is 6.10 Å². The molecule has 0 aliphatic heterocycles. The number of hydrogen-bond donors (Lipinski definition) is 3. The topological polar surface area (TPSA) is 96.9 Å². The van der Waals surface area contributed by atoms with E-state index < -0.39 is 9.60 Å². The minimum Gasteiger partial charge on any atom is -0.374 e. The molecule has 0 bridgehead atoms. The molecule has 22 heavy (non-hydrogen) atoms. The highest BCUT2D eigenvalue weighted by atomic mass is 32.2. The zero-order valence-electron chi connectivity index (χ0n) is 12.7. The van der Waals surface area contributed by atoms with Crippen LogP contribution in [0.3, 0.4) is 0 Å². The highest BCUT2D eigenvalue weighted by Crippen LogP contribution is 2.20. The van der Waals surface area contributed by atoms with Gasteiger partial charge in [-0.2, -0.15) is 0 Å². The fourth-order valence-corrected chi connectivity index (χ4v) is 2.36. The molecule has 2 unspecified atom stereocenters. The Balaban J connectivity index is 2.08. The number of hydrogen-bond acceptors (Lipinski definition) is 5. The molecule has 0 saturated carbocycles. The Morgan fingerprint density at radius 1 is 1.32 bits per heavy atom. The molecule has 2 rings (SSSR count). The molecule has 7 heteroatoms. The van der Waals surface area contributed by atoms with E-state index in [1.807, 2.05) is 38.1 Å². The van der Waals surface area contributed by atoms with Gasteiger partial charge in [0.15, 0.2) is 0 Å². The van der Waals surface area contributed by atoms with Gasteiger partial charge in [-0.15, -0.1) is 0 Å². The smallest absolute Gasteiger partial charge is 0.227 e. The highest BCUT2D eigenvalue weighted by molar-refractivity contribution is 7.99. The van der Waals surface area contributed by atoms with Crippen molar-refractivity contribution in [2.45, 2.75) is 24.8 Å². The molecular formula is C15H21N5OS. The Morgan fingerprint density at radius 3 is 2.41 bits per heavy atom. The molecular weight excluding hydrogens is 298 g/mol. The molecule has 2 atom stereocenters. The Labute approximate surface area is 131 Å². The fourth-order valence-electron chi connectivity index (χ4n) is 1.88. The number of nitrogens with two attached hydrogens (primary N) is 1. The van der Waals surface area contributed by atoms with Crippen LogP contribution in [0, 0.1) is 4.78 Å². The van der Waals surface area contributed by atoms with Crippen LogP contribution in [0.5, 0.6) is 0 Å². The maximum absolute atomic E-state index is 7.70. The van der Waals surface area contributed by atoms with Gasteiger partial charge < -0.3 is 10.1 Å². The molecule has 4 N–H and O–H groups in total. The number of anilines is 2. The number of aromatic nitrogens is 2. The third kappa shape index (κ3) is 4.27. The van der Waals surface area contributed by atoms with E-state index in [0.717, 1.165) is 11.3 Å². The van der Waals surface area contributed by atoms with Gasteiger partial charge in [0.1, 0.15) is 0 Å². The first-order valence-electron chi connectivity index (χ1n) is 6.89. The summed E-state index contributed by atoms with van der Waals surface area (Å²) >= 11 is 0. The van der Waals surface area contributed by atoms with E-state index >= 15 is 0 Å². The van der Waals surface area contributed by atoms with Gasteiger partial charge in [-0.1, -0.05) is 21.7 Å². The molecule has 0 aliphatic carbocycles. The average Bonchev–Trinajstić information content (AvgIpc) is 2.48. The zero-order valence-corrected chi connectivity index (χ0v) is 13.6. The van der Waals surface area contributed by atoms with E-state index in [1.54, 1.807) is 0 Å². The third-order valence-electron chi connectivity index (χ3n) is 3.10. The number of nitrogens with zero attached hydrogens (tertiary/aromatic N) is 2. The summed E-state index contributed by atoms with van der Waals surface area (Å²) in [6.07, 6.45) is 3.15. The third-order valence-corrected chi connectivity index (χ3v) is 4.15. The maximum Gasteiger partial charge on any atom is 0.227 e. The van der Waals surface area contributed by atoms with Crippen molar-refractivity contribution in [3.63, 3.8) is 0 Å². The zero-order chi connectivity index (χ0) is 16.2. The van der Waals surface area contributed by atoms with Crippen LogP contribution in [-0.4, -0.2) is 22.4 Å². The van der Waals surface area contributed by atoms with Gasteiger partial charge in [0.25, 0.3) is 0 Å². The largest absolute Gasteiger partial charge is 0.374 e. The summed E-state index contributed by atoms with van der Waals surface area (Å²) in [6, 6.07) is 7.91. The van der Waals surface area contributed by atoms with Crippen molar-refractivity contribution in [2.75, 3.05) is 11.9 Å². The summed E-state index contributed by atoms with van der Waals surface area (Å²) in [5.74, 6) is 4.07. The van der Waals surface area contributed by atoms with E-state index in [2.05, 4.69) is 21.2 Å². The molecule has 1 heterocycles. The summed E-state index contributed by atoms with van der Waals surface area (Å²) in [5.41, 5.74) is 2.00. The first kappa shape index (κ1) is 16.4. The molecule has 0 fully saturated rings. The van der Waals surface area contributed by atoms with Gasteiger partial charge in [0.05, 0.1) is 11.0 Å². The Hall–Kier alpha value is -1.96. The van der Waals surface area contributed by atoms with E-state index in [0.29, 0.717) is 17.5 Å². The lowest BCUT2D eigenvalue weighted by Gasteiger charge is -2.13. The van der Waals surface area contributed by atoms with Crippen LogP contribution in [0.4, 0.5) is 11.6 Å². The van der Waals surface area contributed by atoms with Gasteiger partial charge in [-0.05, 0) is 37.4 Å². The Kier molecular flexibility index (Phi) is 5.12. The van der Waals surface area contributed by atoms with Crippen molar-refractivity contribution < 1.29 is 4.74 Å². The predicted octanol–water partition coefficient (Wildman–Crippen LogP) is 2.90. The number of rotatable bonds is 6. The van der Waals surface area contributed by atoms with Crippen molar-refractivity contribution in [2.24, 2.45) is 5.14 Å². The van der Waals surface area contributed by atoms with Crippen LogP contribution < -0.4 is 10.5 Å². The number of benzene rings is 1. The molecule has 0 spiro atoms. The Morgan fingerprint density at radius 2 is 1.91 bits per heavy atom. The van der Waals surface area contributed by atoms with Gasteiger partial charge in [-0.3, -0.25) is 9.92 Å². The first-order chi connectivity index (χ1) is 10.4. The van der Waals surface area contributed by atoms with Gasteiger partial charge in [0, 0.05) is 24.7 Å². The lowest BCUT2D eigenvalue weighted by Crippen LogP contribution is -2.11. The van der Waals surface area contributed by atoms with E-state index in [1.165, 1.54) is 12.4 Å². The number of ether oxygens (including phenoxy) is 1. The van der Waals surface area contributed by atoms with Crippen molar-refractivity contribution in [3.8, 4) is 0 Å². The highest BCUT2D eigenvalue weighted by Gasteiger charge is 2.05. The molecule has 1 aromatic carbocycles. The van der Waals surface area contributed by atoms with Gasteiger partial charge in [0.2, 0.25) is 5.95 Å².